The van der Waals surface area contributed by atoms with Crippen molar-refractivity contribution < 1.29 is 14.7 Å². The smallest absolute Gasteiger partial charge is 0.337 e. The van der Waals surface area contributed by atoms with Crippen LogP contribution in [0.1, 0.15) is 25.6 Å². The third-order valence-corrected chi connectivity index (χ3v) is 3.91. The average molecular weight is 296 g/mol. The first-order valence-corrected chi connectivity index (χ1v) is 6.63. The van der Waals surface area contributed by atoms with Gasteiger partial charge in [0.25, 0.3) is 5.91 Å². The third kappa shape index (κ3) is 2.77. The molecule has 0 bridgehead atoms. The highest BCUT2D eigenvalue weighted by atomic mass is 35.5. The van der Waals surface area contributed by atoms with Crippen molar-refractivity contribution in [3.63, 3.8) is 0 Å². The lowest BCUT2D eigenvalue weighted by atomic mass is 10.1. The average Bonchev–Trinajstić information content (AvgIpc) is 2.77. The van der Waals surface area contributed by atoms with Gasteiger partial charge in [-0.25, -0.2) is 4.79 Å². The third-order valence-electron chi connectivity index (χ3n) is 2.57. The van der Waals surface area contributed by atoms with Gasteiger partial charge in [0.15, 0.2) is 0 Å². The first-order valence-electron chi connectivity index (χ1n) is 5.38. The standard InChI is InChI=1S/C13H10ClNO3S/c1-7-3-2-4-8(13(17)18)10(7)15-12(16)11-9(14)5-6-19-11/h2-6H,1H3,(H,15,16)(H,17,18). The summed E-state index contributed by atoms with van der Waals surface area (Å²) in [6, 6.07) is 6.43. The molecule has 0 fully saturated rings. The fourth-order valence-electron chi connectivity index (χ4n) is 1.64. The van der Waals surface area contributed by atoms with Crippen LogP contribution >= 0.6 is 22.9 Å². The summed E-state index contributed by atoms with van der Waals surface area (Å²) in [5, 5.41) is 13.8. The van der Waals surface area contributed by atoms with Gasteiger partial charge < -0.3 is 10.4 Å². The van der Waals surface area contributed by atoms with Gasteiger partial charge in [-0.15, -0.1) is 11.3 Å². The van der Waals surface area contributed by atoms with Crippen LogP contribution < -0.4 is 5.32 Å². The Hall–Kier alpha value is -1.85. The molecular weight excluding hydrogens is 286 g/mol. The van der Waals surface area contributed by atoms with Gasteiger partial charge in [0.1, 0.15) is 4.88 Å². The molecular formula is C13H10ClNO3S. The summed E-state index contributed by atoms with van der Waals surface area (Å²) >= 11 is 7.08. The molecule has 2 rings (SSSR count). The number of nitrogens with one attached hydrogen (secondary N) is 1. The molecule has 2 aromatic rings. The molecule has 0 saturated carbocycles. The summed E-state index contributed by atoms with van der Waals surface area (Å²) in [6.45, 7) is 1.73. The highest BCUT2D eigenvalue weighted by molar-refractivity contribution is 7.12. The van der Waals surface area contributed by atoms with Crippen molar-refractivity contribution in [1.29, 1.82) is 0 Å². The number of aromatic carboxylic acids is 1. The first kappa shape index (κ1) is 13.6. The lowest BCUT2D eigenvalue weighted by Crippen LogP contribution is -2.15. The van der Waals surface area contributed by atoms with Crippen molar-refractivity contribution in [3.05, 3.63) is 50.7 Å². The van der Waals surface area contributed by atoms with E-state index in [-0.39, 0.29) is 5.56 Å². The van der Waals surface area contributed by atoms with Gasteiger partial charge in [0.05, 0.1) is 16.3 Å². The van der Waals surface area contributed by atoms with E-state index in [0.717, 1.165) is 0 Å². The Kier molecular flexibility index (Phi) is 3.87. The van der Waals surface area contributed by atoms with Crippen LogP contribution in [0.5, 0.6) is 0 Å². The Morgan fingerprint density at radius 2 is 2.05 bits per heavy atom. The zero-order valence-electron chi connectivity index (χ0n) is 9.94. The highest BCUT2D eigenvalue weighted by Crippen LogP contribution is 2.26. The fourth-order valence-corrected chi connectivity index (χ4v) is 2.67. The van der Waals surface area contributed by atoms with Crippen LogP contribution in [0.2, 0.25) is 5.02 Å². The van der Waals surface area contributed by atoms with Crippen LogP contribution in [0.15, 0.2) is 29.6 Å². The summed E-state index contributed by atoms with van der Waals surface area (Å²) in [7, 11) is 0. The number of aryl methyl sites for hydroxylation is 1. The van der Waals surface area contributed by atoms with E-state index in [0.29, 0.717) is 21.2 Å². The molecule has 0 aliphatic heterocycles. The molecule has 0 unspecified atom stereocenters. The number of anilines is 1. The Morgan fingerprint density at radius 3 is 2.63 bits per heavy atom. The first-order chi connectivity index (χ1) is 9.00. The number of carbonyl (C=O) groups is 2. The van der Waals surface area contributed by atoms with Crippen LogP contribution in [0.4, 0.5) is 5.69 Å². The van der Waals surface area contributed by atoms with Crippen LogP contribution in [0.3, 0.4) is 0 Å². The van der Waals surface area contributed by atoms with Crippen molar-refractivity contribution in [2.75, 3.05) is 5.32 Å². The second kappa shape index (κ2) is 5.42. The number of carbonyl (C=O) groups excluding carboxylic acids is 1. The number of para-hydroxylation sites is 1. The maximum atomic E-state index is 12.0. The Bertz CT molecular complexity index is 651. The number of amides is 1. The fraction of sp³-hybridized carbons (Fsp3) is 0.0769. The molecule has 0 saturated heterocycles. The molecule has 1 heterocycles. The summed E-state index contributed by atoms with van der Waals surface area (Å²) in [5.41, 5.74) is 1.03. The van der Waals surface area contributed by atoms with E-state index < -0.39 is 11.9 Å². The minimum atomic E-state index is -1.09. The normalized spacial score (nSPS) is 10.2. The lowest BCUT2D eigenvalue weighted by Gasteiger charge is -2.10. The van der Waals surface area contributed by atoms with Crippen molar-refractivity contribution in [1.82, 2.24) is 0 Å². The Labute approximate surface area is 118 Å². The lowest BCUT2D eigenvalue weighted by molar-refractivity contribution is 0.0698. The molecule has 1 aromatic carbocycles. The van der Waals surface area contributed by atoms with Gasteiger partial charge >= 0.3 is 5.97 Å². The van der Waals surface area contributed by atoms with Crippen molar-refractivity contribution in [3.8, 4) is 0 Å². The molecule has 2 N–H and O–H groups in total. The molecule has 4 nitrogen and oxygen atoms in total. The van der Waals surface area contributed by atoms with Gasteiger partial charge in [0, 0.05) is 0 Å². The van der Waals surface area contributed by atoms with E-state index in [2.05, 4.69) is 5.32 Å². The van der Waals surface area contributed by atoms with E-state index in [4.69, 9.17) is 16.7 Å². The van der Waals surface area contributed by atoms with Gasteiger partial charge in [0.2, 0.25) is 0 Å². The molecule has 0 radical (unpaired) electrons. The number of carboxylic acid groups (broad SMARTS) is 1. The number of carboxylic acids is 1. The number of benzene rings is 1. The van der Waals surface area contributed by atoms with Crippen LogP contribution in [0.25, 0.3) is 0 Å². The monoisotopic (exact) mass is 295 g/mol. The topological polar surface area (TPSA) is 66.4 Å². The SMILES string of the molecule is Cc1cccc(C(=O)O)c1NC(=O)c1sccc1Cl. The number of hydrogen-bond donors (Lipinski definition) is 2. The molecule has 6 heteroatoms. The van der Waals surface area contributed by atoms with E-state index in [1.54, 1.807) is 30.5 Å². The summed E-state index contributed by atoms with van der Waals surface area (Å²) in [4.78, 5) is 23.5. The second-order valence-corrected chi connectivity index (χ2v) is 5.18. The molecule has 0 spiro atoms. The van der Waals surface area contributed by atoms with Crippen molar-refractivity contribution in [2.45, 2.75) is 6.92 Å². The molecule has 1 aromatic heterocycles. The van der Waals surface area contributed by atoms with E-state index >= 15 is 0 Å². The minimum Gasteiger partial charge on any atom is -0.478 e. The van der Waals surface area contributed by atoms with Crippen LogP contribution in [-0.2, 0) is 0 Å². The predicted molar refractivity (Wildman–Crippen MR) is 75.4 cm³/mol. The molecule has 0 atom stereocenters. The van der Waals surface area contributed by atoms with Crippen molar-refractivity contribution in [2.24, 2.45) is 0 Å². The maximum absolute atomic E-state index is 12.0. The zero-order chi connectivity index (χ0) is 14.0. The van der Waals surface area contributed by atoms with E-state index in [9.17, 15) is 9.59 Å². The molecule has 0 aliphatic rings. The van der Waals surface area contributed by atoms with E-state index in [1.807, 2.05) is 0 Å². The maximum Gasteiger partial charge on any atom is 0.337 e. The van der Waals surface area contributed by atoms with Crippen molar-refractivity contribution >= 4 is 40.5 Å². The van der Waals surface area contributed by atoms with Crippen LogP contribution in [0, 0.1) is 6.92 Å². The van der Waals surface area contributed by atoms with Gasteiger partial charge in [-0.2, -0.15) is 0 Å². The number of rotatable bonds is 3. The number of thiophene rings is 1. The van der Waals surface area contributed by atoms with Crippen LogP contribution in [-0.4, -0.2) is 17.0 Å². The molecule has 98 valence electrons. The molecule has 0 aliphatic carbocycles. The zero-order valence-corrected chi connectivity index (χ0v) is 11.5. The van der Waals surface area contributed by atoms with Gasteiger partial charge in [-0.3, -0.25) is 4.79 Å². The summed E-state index contributed by atoms with van der Waals surface area (Å²) in [6.07, 6.45) is 0. The molecule has 19 heavy (non-hydrogen) atoms. The largest absolute Gasteiger partial charge is 0.478 e. The van der Waals surface area contributed by atoms with Gasteiger partial charge in [-0.05, 0) is 30.0 Å². The minimum absolute atomic E-state index is 0.0565. The Balaban J connectivity index is 2.36. The molecule has 1 amide bonds. The quantitative estimate of drug-likeness (QED) is 0.908. The summed E-state index contributed by atoms with van der Waals surface area (Å²) in [5.74, 6) is -1.49. The number of halogens is 1. The highest BCUT2D eigenvalue weighted by Gasteiger charge is 2.17. The Morgan fingerprint density at radius 1 is 1.32 bits per heavy atom. The number of hydrogen-bond acceptors (Lipinski definition) is 3. The second-order valence-electron chi connectivity index (χ2n) is 3.85. The van der Waals surface area contributed by atoms with Gasteiger partial charge in [-0.1, -0.05) is 23.7 Å². The van der Waals surface area contributed by atoms with E-state index in [1.165, 1.54) is 17.4 Å². The summed E-state index contributed by atoms with van der Waals surface area (Å²) < 4.78 is 0. The predicted octanol–water partition coefficient (Wildman–Crippen LogP) is 3.66.